The number of ether oxygens (including phenoxy) is 1. The van der Waals surface area contributed by atoms with Crippen molar-refractivity contribution >= 4 is 6.09 Å². The van der Waals surface area contributed by atoms with Gasteiger partial charge in [-0.1, -0.05) is 12.1 Å². The normalized spacial score (nSPS) is 22.2. The lowest BCUT2D eigenvalue weighted by atomic mass is 9.87. The number of nitrogens with one attached hydrogen (secondary N) is 2. The Morgan fingerprint density at radius 1 is 1.07 bits per heavy atom. The van der Waals surface area contributed by atoms with Crippen LogP contribution in [0.2, 0.25) is 0 Å². The van der Waals surface area contributed by atoms with Crippen LogP contribution >= 0.6 is 0 Å². The third kappa shape index (κ3) is 7.11. The number of benzene rings is 1. The van der Waals surface area contributed by atoms with Gasteiger partial charge in [0.1, 0.15) is 11.4 Å². The molecule has 5 nitrogen and oxygen atoms in total. The number of amides is 1. The van der Waals surface area contributed by atoms with Gasteiger partial charge in [0, 0.05) is 12.1 Å². The van der Waals surface area contributed by atoms with Gasteiger partial charge in [-0.25, -0.2) is 9.18 Å². The molecule has 0 saturated heterocycles. The van der Waals surface area contributed by atoms with Crippen molar-refractivity contribution in [2.45, 2.75) is 89.6 Å². The maximum atomic E-state index is 13.2. The predicted molar refractivity (Wildman–Crippen MR) is 104 cm³/mol. The minimum absolute atomic E-state index is 0.101. The number of rotatable bonds is 5. The number of hydrogen-bond acceptors (Lipinski definition) is 4. The zero-order valence-corrected chi connectivity index (χ0v) is 17.0. The highest BCUT2D eigenvalue weighted by atomic mass is 19.1. The Morgan fingerprint density at radius 2 is 1.59 bits per heavy atom. The fraction of sp³-hybridized carbons (Fsp3) is 0.667. The van der Waals surface area contributed by atoms with Crippen LogP contribution in [0.5, 0.6) is 0 Å². The molecule has 1 aromatic carbocycles. The van der Waals surface area contributed by atoms with Crippen molar-refractivity contribution in [2.75, 3.05) is 0 Å². The summed E-state index contributed by atoms with van der Waals surface area (Å²) in [6.45, 7) is 9.05. The summed E-state index contributed by atoms with van der Waals surface area (Å²) < 4.78 is 18.5. The van der Waals surface area contributed by atoms with Gasteiger partial charge in [0.2, 0.25) is 0 Å². The first-order valence-corrected chi connectivity index (χ1v) is 9.67. The van der Waals surface area contributed by atoms with Crippen molar-refractivity contribution in [1.29, 1.82) is 0 Å². The van der Waals surface area contributed by atoms with E-state index in [0.717, 1.165) is 31.2 Å². The average molecular weight is 381 g/mol. The zero-order chi connectivity index (χ0) is 20.2. The van der Waals surface area contributed by atoms with Crippen molar-refractivity contribution in [3.8, 4) is 0 Å². The van der Waals surface area contributed by atoms with Gasteiger partial charge in [-0.15, -0.1) is 0 Å². The summed E-state index contributed by atoms with van der Waals surface area (Å²) in [5.74, 6) is -0.290. The van der Waals surface area contributed by atoms with Crippen LogP contribution in [0.1, 0.15) is 71.9 Å². The van der Waals surface area contributed by atoms with E-state index in [1.807, 2.05) is 20.8 Å². The van der Waals surface area contributed by atoms with Crippen molar-refractivity contribution in [1.82, 2.24) is 10.6 Å². The van der Waals surface area contributed by atoms with Crippen LogP contribution in [0.25, 0.3) is 0 Å². The molecule has 1 saturated carbocycles. The van der Waals surface area contributed by atoms with Crippen LogP contribution in [-0.2, 0) is 4.74 Å². The first kappa shape index (κ1) is 21.6. The van der Waals surface area contributed by atoms with Crippen LogP contribution < -0.4 is 10.6 Å². The number of halogens is 1. The lowest BCUT2D eigenvalue weighted by Gasteiger charge is -2.37. The van der Waals surface area contributed by atoms with Gasteiger partial charge in [0.15, 0.2) is 0 Å². The lowest BCUT2D eigenvalue weighted by Crippen LogP contribution is -2.48. The molecular weight excluding hydrogens is 347 g/mol. The van der Waals surface area contributed by atoms with E-state index in [1.165, 1.54) is 12.1 Å². The minimum Gasteiger partial charge on any atom is -0.444 e. The monoisotopic (exact) mass is 380 g/mol. The molecule has 1 amide bonds. The molecule has 1 aliphatic rings. The highest BCUT2D eigenvalue weighted by Gasteiger charge is 2.32. The Morgan fingerprint density at radius 3 is 2.07 bits per heavy atom. The van der Waals surface area contributed by atoms with Gasteiger partial charge in [-0.2, -0.15) is 0 Å². The fourth-order valence-corrected chi connectivity index (χ4v) is 3.48. The van der Waals surface area contributed by atoms with E-state index in [9.17, 15) is 14.3 Å². The summed E-state index contributed by atoms with van der Waals surface area (Å²) in [6.07, 6.45) is 3.08. The third-order valence-corrected chi connectivity index (χ3v) is 4.76. The van der Waals surface area contributed by atoms with E-state index in [-0.39, 0.29) is 30.0 Å². The van der Waals surface area contributed by atoms with Gasteiger partial charge in [0.25, 0.3) is 0 Å². The zero-order valence-electron chi connectivity index (χ0n) is 17.0. The Kier molecular flexibility index (Phi) is 6.87. The van der Waals surface area contributed by atoms with Crippen LogP contribution in [0, 0.1) is 5.82 Å². The quantitative estimate of drug-likeness (QED) is 0.720. The van der Waals surface area contributed by atoms with Crippen molar-refractivity contribution in [3.63, 3.8) is 0 Å². The van der Waals surface area contributed by atoms with Crippen LogP contribution in [0.15, 0.2) is 24.3 Å². The van der Waals surface area contributed by atoms with Crippen molar-refractivity contribution < 1.29 is 19.0 Å². The molecule has 1 fully saturated rings. The Labute approximate surface area is 161 Å². The molecule has 0 bridgehead atoms. The molecule has 0 heterocycles. The molecule has 0 spiro atoms. The number of carbonyl (C=O) groups excluding carboxylic acids is 1. The molecule has 1 aliphatic carbocycles. The Bertz CT molecular complexity index is 612. The second kappa shape index (κ2) is 8.57. The van der Waals surface area contributed by atoms with Gasteiger partial charge >= 0.3 is 6.09 Å². The Hall–Kier alpha value is -1.66. The lowest BCUT2D eigenvalue weighted by molar-refractivity contribution is 0.0290. The molecule has 1 atom stereocenters. The number of alkyl carbamates (subject to hydrolysis) is 1. The summed E-state index contributed by atoms with van der Waals surface area (Å²) in [5.41, 5.74) is -0.626. The van der Waals surface area contributed by atoms with Gasteiger partial charge in [-0.05, 0) is 78.0 Å². The molecule has 0 radical (unpaired) electrons. The van der Waals surface area contributed by atoms with Crippen molar-refractivity contribution in [2.24, 2.45) is 0 Å². The topological polar surface area (TPSA) is 70.6 Å². The summed E-state index contributed by atoms with van der Waals surface area (Å²) in [4.78, 5) is 11.9. The molecule has 0 unspecified atom stereocenters. The first-order valence-electron chi connectivity index (χ1n) is 9.67. The second-order valence-electron chi connectivity index (χ2n) is 9.00. The molecule has 1 aromatic rings. The average Bonchev–Trinajstić information content (AvgIpc) is 2.52. The van der Waals surface area contributed by atoms with Crippen molar-refractivity contribution in [3.05, 3.63) is 35.6 Å². The standard InChI is InChI=1S/C21H33FN2O3/c1-20(2,3)27-19(25)24-17-12-10-16(11-13-17)23-18(21(4,5)26)14-6-8-15(22)9-7-14/h6-9,16-18,23,26H,10-13H2,1-5H3,(H,24,25)/t16?,17?,18-/m0/s1. The highest BCUT2D eigenvalue weighted by molar-refractivity contribution is 5.68. The van der Waals surface area contributed by atoms with Crippen LogP contribution in [-0.4, -0.2) is 34.5 Å². The number of hydrogen-bond donors (Lipinski definition) is 3. The second-order valence-corrected chi connectivity index (χ2v) is 9.00. The molecule has 152 valence electrons. The van der Waals surface area contributed by atoms with E-state index < -0.39 is 11.2 Å². The SMILES string of the molecule is CC(C)(C)OC(=O)NC1CCC(N[C@@H](c2ccc(F)cc2)C(C)(C)O)CC1. The summed E-state index contributed by atoms with van der Waals surface area (Å²) in [7, 11) is 0. The molecule has 6 heteroatoms. The molecular formula is C21H33FN2O3. The number of aliphatic hydroxyl groups is 1. The predicted octanol–water partition coefficient (Wildman–Crippen LogP) is 4.06. The highest BCUT2D eigenvalue weighted by Crippen LogP contribution is 2.29. The van der Waals surface area contributed by atoms with E-state index >= 15 is 0 Å². The van der Waals surface area contributed by atoms with Crippen LogP contribution in [0.3, 0.4) is 0 Å². The molecule has 3 N–H and O–H groups in total. The summed E-state index contributed by atoms with van der Waals surface area (Å²) in [6, 6.07) is 6.28. The van der Waals surface area contributed by atoms with E-state index in [4.69, 9.17) is 4.74 Å². The first-order chi connectivity index (χ1) is 12.4. The third-order valence-electron chi connectivity index (χ3n) is 4.76. The van der Waals surface area contributed by atoms with Crippen LogP contribution in [0.4, 0.5) is 9.18 Å². The molecule has 2 rings (SSSR count). The fourth-order valence-electron chi connectivity index (χ4n) is 3.48. The van der Waals surface area contributed by atoms with Gasteiger partial charge < -0.3 is 20.5 Å². The maximum absolute atomic E-state index is 13.2. The van der Waals surface area contributed by atoms with E-state index in [1.54, 1.807) is 26.0 Å². The Balaban J connectivity index is 1.90. The van der Waals surface area contributed by atoms with E-state index in [0.29, 0.717) is 0 Å². The molecule has 0 aliphatic heterocycles. The largest absolute Gasteiger partial charge is 0.444 e. The van der Waals surface area contributed by atoms with Gasteiger partial charge in [-0.3, -0.25) is 0 Å². The van der Waals surface area contributed by atoms with Gasteiger partial charge in [0.05, 0.1) is 11.6 Å². The summed E-state index contributed by atoms with van der Waals surface area (Å²) in [5, 5.41) is 17.0. The number of carbonyl (C=O) groups is 1. The molecule has 0 aromatic heterocycles. The maximum Gasteiger partial charge on any atom is 0.407 e. The minimum atomic E-state index is -0.983. The smallest absolute Gasteiger partial charge is 0.407 e. The summed E-state index contributed by atoms with van der Waals surface area (Å²) >= 11 is 0. The molecule has 27 heavy (non-hydrogen) atoms. The van der Waals surface area contributed by atoms with E-state index in [2.05, 4.69) is 10.6 Å².